The van der Waals surface area contributed by atoms with Gasteiger partial charge in [-0.3, -0.25) is 4.79 Å². The fraction of sp³-hybridized carbons (Fsp3) is 0.231. The third-order valence-electron chi connectivity index (χ3n) is 2.67. The Morgan fingerprint density at radius 3 is 2.68 bits per heavy atom. The van der Waals surface area contributed by atoms with Crippen LogP contribution in [0.25, 0.3) is 0 Å². The van der Waals surface area contributed by atoms with Crippen molar-refractivity contribution < 1.29 is 18.0 Å². The third-order valence-corrected chi connectivity index (χ3v) is 4.19. The minimum absolute atomic E-state index is 0.00234. The lowest BCUT2D eigenvalue weighted by atomic mass is 10.2. The number of aromatic nitrogens is 1. The Morgan fingerprint density at radius 1 is 1.45 bits per heavy atom. The molecule has 0 fully saturated rings. The van der Waals surface area contributed by atoms with E-state index < -0.39 is 22.7 Å². The number of carbonyl (C=O) groups is 1. The van der Waals surface area contributed by atoms with E-state index in [1.807, 2.05) is 0 Å². The summed E-state index contributed by atoms with van der Waals surface area (Å²) < 4.78 is 38.3. The monoisotopic (exact) mass is 349 g/mol. The number of alkyl halides is 3. The summed E-state index contributed by atoms with van der Waals surface area (Å²) in [5.74, 6) is -0.556. The van der Waals surface area contributed by atoms with E-state index in [0.717, 1.165) is 23.5 Å². The van der Waals surface area contributed by atoms with Crippen LogP contribution < -0.4 is 11.1 Å². The molecule has 0 radical (unpaired) electrons. The molecule has 3 N–H and O–H groups in total. The van der Waals surface area contributed by atoms with Gasteiger partial charge in [-0.1, -0.05) is 11.6 Å². The number of nitrogens with one attached hydrogen (secondary N) is 1. The van der Waals surface area contributed by atoms with Gasteiger partial charge in [-0.15, -0.1) is 11.3 Å². The molecule has 9 heteroatoms. The van der Waals surface area contributed by atoms with E-state index in [-0.39, 0.29) is 16.6 Å². The summed E-state index contributed by atoms with van der Waals surface area (Å²) in [7, 11) is 0. The maximum Gasteiger partial charge on any atom is 0.417 e. The molecule has 4 nitrogen and oxygen atoms in total. The van der Waals surface area contributed by atoms with Crippen LogP contribution in [0.3, 0.4) is 0 Å². The first-order chi connectivity index (χ1) is 10.2. The molecule has 1 unspecified atom stereocenters. The van der Waals surface area contributed by atoms with Crippen molar-refractivity contribution in [3.63, 3.8) is 0 Å². The molecule has 2 aromatic rings. The van der Waals surface area contributed by atoms with Gasteiger partial charge in [0, 0.05) is 5.69 Å². The van der Waals surface area contributed by atoms with Gasteiger partial charge in [0.2, 0.25) is 0 Å². The highest BCUT2D eigenvalue weighted by molar-refractivity contribution is 7.13. The Bertz CT molecular complexity index is 700. The molecular weight excluding hydrogens is 339 g/mol. The molecule has 1 aromatic carbocycles. The number of nitrogens with two attached hydrogens (primary N) is 1. The Balaban J connectivity index is 2.21. The minimum Gasteiger partial charge on any atom is -0.322 e. The summed E-state index contributed by atoms with van der Waals surface area (Å²) in [4.78, 5) is 16.2. The summed E-state index contributed by atoms with van der Waals surface area (Å²) in [6, 6.07) is 2.84. The number of amides is 1. The Hall–Kier alpha value is -1.64. The van der Waals surface area contributed by atoms with Crippen LogP contribution in [-0.4, -0.2) is 10.9 Å². The smallest absolute Gasteiger partial charge is 0.322 e. The van der Waals surface area contributed by atoms with Crippen LogP contribution >= 0.6 is 22.9 Å². The van der Waals surface area contributed by atoms with Gasteiger partial charge in [-0.25, -0.2) is 4.98 Å². The fourth-order valence-electron chi connectivity index (χ4n) is 1.62. The molecule has 0 aliphatic heterocycles. The van der Waals surface area contributed by atoms with Crippen molar-refractivity contribution in [1.82, 2.24) is 4.98 Å². The van der Waals surface area contributed by atoms with Gasteiger partial charge in [0.1, 0.15) is 9.88 Å². The average molecular weight is 350 g/mol. The van der Waals surface area contributed by atoms with E-state index in [2.05, 4.69) is 10.3 Å². The first kappa shape index (κ1) is 16.7. The van der Waals surface area contributed by atoms with Crippen molar-refractivity contribution in [3.8, 4) is 0 Å². The van der Waals surface area contributed by atoms with E-state index in [9.17, 15) is 18.0 Å². The SMILES string of the molecule is CC(N)c1ncc(C(=O)Nc2ccc(Cl)c(C(F)(F)F)c2)s1. The number of thiazole rings is 1. The van der Waals surface area contributed by atoms with Gasteiger partial charge in [-0.2, -0.15) is 13.2 Å². The quantitative estimate of drug-likeness (QED) is 0.877. The zero-order chi connectivity index (χ0) is 16.5. The minimum atomic E-state index is -4.59. The van der Waals surface area contributed by atoms with E-state index in [4.69, 9.17) is 17.3 Å². The van der Waals surface area contributed by atoms with Crippen LogP contribution in [0, 0.1) is 0 Å². The van der Waals surface area contributed by atoms with E-state index in [1.54, 1.807) is 6.92 Å². The lowest BCUT2D eigenvalue weighted by molar-refractivity contribution is -0.137. The van der Waals surface area contributed by atoms with E-state index in [0.29, 0.717) is 5.01 Å². The van der Waals surface area contributed by atoms with Crippen molar-refractivity contribution in [1.29, 1.82) is 0 Å². The molecule has 0 saturated carbocycles. The van der Waals surface area contributed by atoms with Gasteiger partial charge in [-0.05, 0) is 25.1 Å². The standard InChI is InChI=1S/C13H11ClF3N3OS/c1-6(18)12-19-5-10(22-12)11(21)20-7-2-3-9(14)8(4-7)13(15,16)17/h2-6H,18H2,1H3,(H,20,21). The predicted octanol–water partition coefficient (Wildman–Crippen LogP) is 4.09. The number of halogens is 4. The van der Waals surface area contributed by atoms with Crippen LogP contribution in [0.2, 0.25) is 5.02 Å². The number of nitrogens with zero attached hydrogens (tertiary/aromatic N) is 1. The molecule has 22 heavy (non-hydrogen) atoms. The van der Waals surface area contributed by atoms with Gasteiger partial charge < -0.3 is 11.1 Å². The van der Waals surface area contributed by atoms with Crippen LogP contribution in [0.4, 0.5) is 18.9 Å². The summed E-state index contributed by atoms with van der Waals surface area (Å²) in [6.07, 6.45) is -3.26. The number of hydrogen-bond donors (Lipinski definition) is 2. The maximum absolute atomic E-state index is 12.8. The molecule has 0 bridgehead atoms. The normalized spacial score (nSPS) is 13.0. The van der Waals surface area contributed by atoms with E-state index in [1.165, 1.54) is 12.3 Å². The van der Waals surface area contributed by atoms with Gasteiger partial charge in [0.25, 0.3) is 5.91 Å². The fourth-order valence-corrected chi connectivity index (χ4v) is 2.61. The number of hydrogen-bond acceptors (Lipinski definition) is 4. The summed E-state index contributed by atoms with van der Waals surface area (Å²) in [5.41, 5.74) is 4.63. The van der Waals surface area contributed by atoms with E-state index >= 15 is 0 Å². The predicted molar refractivity (Wildman–Crippen MR) is 79.1 cm³/mol. The molecule has 0 aliphatic carbocycles. The van der Waals surface area contributed by atoms with Crippen molar-refractivity contribution in [2.45, 2.75) is 19.1 Å². The second-order valence-electron chi connectivity index (χ2n) is 4.50. The van der Waals surface area contributed by atoms with Crippen LogP contribution in [0.1, 0.15) is 33.2 Å². The van der Waals surface area contributed by atoms with Crippen molar-refractivity contribution >= 4 is 34.5 Å². The van der Waals surface area contributed by atoms with Crippen molar-refractivity contribution in [2.75, 3.05) is 5.32 Å². The largest absolute Gasteiger partial charge is 0.417 e. The molecule has 0 saturated heterocycles. The first-order valence-corrected chi connectivity index (χ1v) is 7.27. The highest BCUT2D eigenvalue weighted by Crippen LogP contribution is 2.36. The molecule has 0 aliphatic rings. The molecule has 1 aromatic heterocycles. The Kier molecular flexibility index (Phi) is 4.74. The maximum atomic E-state index is 12.8. The molecule has 2 rings (SSSR count). The number of benzene rings is 1. The summed E-state index contributed by atoms with van der Waals surface area (Å²) in [6.45, 7) is 1.72. The Morgan fingerprint density at radius 2 is 2.14 bits per heavy atom. The number of carbonyl (C=O) groups excluding carboxylic acids is 1. The number of rotatable bonds is 3. The second kappa shape index (κ2) is 6.23. The highest BCUT2D eigenvalue weighted by atomic mass is 35.5. The van der Waals surface area contributed by atoms with Crippen molar-refractivity contribution in [3.05, 3.63) is 44.9 Å². The van der Waals surface area contributed by atoms with Crippen molar-refractivity contribution in [2.24, 2.45) is 5.73 Å². The number of anilines is 1. The van der Waals surface area contributed by atoms with Gasteiger partial charge >= 0.3 is 6.18 Å². The molecule has 1 heterocycles. The average Bonchev–Trinajstić information content (AvgIpc) is 2.89. The lowest BCUT2D eigenvalue weighted by Crippen LogP contribution is -2.12. The van der Waals surface area contributed by atoms with Gasteiger partial charge in [0.15, 0.2) is 0 Å². The van der Waals surface area contributed by atoms with Crippen LogP contribution in [0.15, 0.2) is 24.4 Å². The second-order valence-corrected chi connectivity index (χ2v) is 5.97. The molecule has 1 atom stereocenters. The summed E-state index contributed by atoms with van der Waals surface area (Å²) >= 11 is 6.60. The molecule has 1 amide bonds. The lowest BCUT2D eigenvalue weighted by Gasteiger charge is -2.11. The molecular formula is C13H11ClF3N3OS. The third kappa shape index (κ3) is 3.76. The highest BCUT2D eigenvalue weighted by Gasteiger charge is 2.33. The zero-order valence-electron chi connectivity index (χ0n) is 11.2. The summed E-state index contributed by atoms with van der Waals surface area (Å²) in [5, 5.41) is 2.52. The molecule has 0 spiro atoms. The van der Waals surface area contributed by atoms with Crippen LogP contribution in [-0.2, 0) is 6.18 Å². The van der Waals surface area contributed by atoms with Crippen LogP contribution in [0.5, 0.6) is 0 Å². The topological polar surface area (TPSA) is 68.0 Å². The van der Waals surface area contributed by atoms with Gasteiger partial charge in [0.05, 0.1) is 22.8 Å². The molecule has 118 valence electrons. The zero-order valence-corrected chi connectivity index (χ0v) is 12.8. The first-order valence-electron chi connectivity index (χ1n) is 6.08. The Labute approximate surface area is 133 Å².